The molecule has 1 amide bonds. The van der Waals surface area contributed by atoms with Gasteiger partial charge in [-0.25, -0.2) is 13.6 Å². The highest BCUT2D eigenvalue weighted by atomic mass is 19.1. The summed E-state index contributed by atoms with van der Waals surface area (Å²) in [5, 5.41) is 10.7. The van der Waals surface area contributed by atoms with E-state index in [1.54, 1.807) is 0 Å². The van der Waals surface area contributed by atoms with Crippen molar-refractivity contribution in [3.8, 4) is 0 Å². The van der Waals surface area contributed by atoms with Crippen LogP contribution in [0.1, 0.15) is 11.5 Å². The molecule has 0 aromatic heterocycles. The molecule has 2 N–H and O–H groups in total. The predicted octanol–water partition coefficient (Wildman–Crippen LogP) is 1.71. The molecular weight excluding hydrogens is 232 g/mol. The molecule has 1 heterocycles. The van der Waals surface area contributed by atoms with Crippen molar-refractivity contribution >= 4 is 6.09 Å². The van der Waals surface area contributed by atoms with Gasteiger partial charge in [-0.15, -0.1) is 0 Å². The van der Waals surface area contributed by atoms with Crippen molar-refractivity contribution < 1.29 is 23.4 Å². The maximum atomic E-state index is 13.1. The summed E-state index contributed by atoms with van der Waals surface area (Å²) in [6.07, 6.45) is -1.35. The first-order chi connectivity index (χ1) is 8.06. The summed E-state index contributed by atoms with van der Waals surface area (Å²) in [7, 11) is 0. The molecule has 1 fully saturated rings. The number of epoxide rings is 1. The number of rotatable bonds is 4. The first kappa shape index (κ1) is 11.8. The summed E-state index contributed by atoms with van der Waals surface area (Å²) in [5.41, 5.74) is 0.402. The van der Waals surface area contributed by atoms with Crippen LogP contribution in [0.2, 0.25) is 0 Å². The Balaban J connectivity index is 2.16. The van der Waals surface area contributed by atoms with Crippen molar-refractivity contribution in [2.75, 3.05) is 13.2 Å². The molecular formula is C11H11F2NO3. The van der Waals surface area contributed by atoms with Gasteiger partial charge in [0, 0.05) is 18.5 Å². The predicted molar refractivity (Wildman–Crippen MR) is 54.9 cm³/mol. The average Bonchev–Trinajstić information content (AvgIpc) is 3.00. The molecule has 0 spiro atoms. The minimum Gasteiger partial charge on any atom is -0.465 e. The van der Waals surface area contributed by atoms with Crippen LogP contribution >= 0.6 is 0 Å². The Labute approximate surface area is 96.2 Å². The Morgan fingerprint density at radius 3 is 2.53 bits per heavy atom. The highest BCUT2D eigenvalue weighted by molar-refractivity contribution is 5.64. The van der Waals surface area contributed by atoms with Crippen molar-refractivity contribution in [2.24, 2.45) is 0 Å². The van der Waals surface area contributed by atoms with Crippen molar-refractivity contribution in [3.05, 3.63) is 35.4 Å². The van der Waals surface area contributed by atoms with E-state index in [0.717, 1.165) is 6.07 Å². The van der Waals surface area contributed by atoms with Crippen molar-refractivity contribution in [3.63, 3.8) is 0 Å². The van der Waals surface area contributed by atoms with Crippen LogP contribution in [0.5, 0.6) is 0 Å². The lowest BCUT2D eigenvalue weighted by atomic mass is 9.95. The quantitative estimate of drug-likeness (QED) is 0.791. The van der Waals surface area contributed by atoms with E-state index in [4.69, 9.17) is 9.84 Å². The average molecular weight is 243 g/mol. The third-order valence-corrected chi connectivity index (χ3v) is 2.59. The van der Waals surface area contributed by atoms with Crippen LogP contribution in [-0.4, -0.2) is 30.5 Å². The number of nitrogens with one attached hydrogen (secondary N) is 1. The number of halogens is 2. The van der Waals surface area contributed by atoms with Gasteiger partial charge in [-0.05, 0) is 17.7 Å². The Morgan fingerprint density at radius 1 is 1.47 bits per heavy atom. The summed E-state index contributed by atoms with van der Waals surface area (Å²) >= 11 is 0. The molecule has 1 aliphatic rings. The lowest BCUT2D eigenvalue weighted by Gasteiger charge is -2.15. The number of amides is 1. The first-order valence-electron chi connectivity index (χ1n) is 5.10. The van der Waals surface area contributed by atoms with Gasteiger partial charge in [0.15, 0.2) is 0 Å². The zero-order valence-electron chi connectivity index (χ0n) is 8.82. The topological polar surface area (TPSA) is 61.9 Å². The van der Waals surface area contributed by atoms with Gasteiger partial charge in [0.25, 0.3) is 0 Å². The Bertz CT molecular complexity index is 414. The highest BCUT2D eigenvalue weighted by Gasteiger charge is 2.34. The fourth-order valence-electron chi connectivity index (χ4n) is 1.74. The van der Waals surface area contributed by atoms with Gasteiger partial charge in [-0.2, -0.15) is 0 Å². The van der Waals surface area contributed by atoms with E-state index >= 15 is 0 Å². The summed E-state index contributed by atoms with van der Waals surface area (Å²) in [5.74, 6) is -1.72. The number of benzene rings is 1. The van der Waals surface area contributed by atoms with E-state index < -0.39 is 17.7 Å². The fraction of sp³-hybridized carbons (Fsp3) is 0.364. The third kappa shape index (κ3) is 3.13. The molecule has 1 saturated heterocycles. The molecule has 6 heteroatoms. The van der Waals surface area contributed by atoms with Gasteiger partial charge in [0.1, 0.15) is 11.6 Å². The van der Waals surface area contributed by atoms with E-state index in [1.807, 2.05) is 0 Å². The van der Waals surface area contributed by atoms with Gasteiger partial charge >= 0.3 is 6.09 Å². The Kier molecular flexibility index (Phi) is 3.23. The van der Waals surface area contributed by atoms with E-state index in [1.165, 1.54) is 12.1 Å². The monoisotopic (exact) mass is 243 g/mol. The summed E-state index contributed by atoms with van der Waals surface area (Å²) in [6.45, 7) is 0.549. The molecule has 0 saturated carbocycles. The molecule has 2 rings (SSSR count). The van der Waals surface area contributed by atoms with Gasteiger partial charge in [0.05, 0.1) is 12.7 Å². The Hall–Kier alpha value is -1.69. The second-order valence-corrected chi connectivity index (χ2v) is 3.87. The molecule has 2 atom stereocenters. The number of carbonyl (C=O) groups is 1. The van der Waals surface area contributed by atoms with Crippen molar-refractivity contribution in [1.29, 1.82) is 0 Å². The molecule has 1 aromatic carbocycles. The number of carboxylic acid groups (broad SMARTS) is 1. The number of hydrogen-bond donors (Lipinski definition) is 2. The first-order valence-corrected chi connectivity index (χ1v) is 5.10. The maximum absolute atomic E-state index is 13.1. The second-order valence-electron chi connectivity index (χ2n) is 3.87. The van der Waals surface area contributed by atoms with Crippen LogP contribution in [0.15, 0.2) is 18.2 Å². The molecule has 0 radical (unpaired) electrons. The minimum absolute atomic E-state index is 0.0723. The lowest BCUT2D eigenvalue weighted by molar-refractivity contribution is 0.193. The van der Waals surface area contributed by atoms with Crippen LogP contribution in [0.4, 0.5) is 13.6 Å². The van der Waals surface area contributed by atoms with E-state index in [2.05, 4.69) is 5.32 Å². The molecule has 92 valence electrons. The summed E-state index contributed by atoms with van der Waals surface area (Å²) in [4.78, 5) is 10.4. The molecule has 4 nitrogen and oxygen atoms in total. The summed E-state index contributed by atoms with van der Waals surface area (Å²) < 4.78 is 31.2. The molecule has 1 aliphatic heterocycles. The van der Waals surface area contributed by atoms with Crippen LogP contribution < -0.4 is 5.32 Å². The van der Waals surface area contributed by atoms with Crippen LogP contribution in [0.25, 0.3) is 0 Å². The normalized spacial score (nSPS) is 19.8. The molecule has 17 heavy (non-hydrogen) atoms. The van der Waals surface area contributed by atoms with E-state index in [0.29, 0.717) is 12.2 Å². The third-order valence-electron chi connectivity index (χ3n) is 2.59. The van der Waals surface area contributed by atoms with Gasteiger partial charge in [-0.3, -0.25) is 0 Å². The standard InChI is InChI=1S/C11H11F2NO3/c12-7-1-6(2-8(13)3-7)9(10-5-17-10)4-14-11(15)16/h1-3,9-10,14H,4-5H2,(H,15,16)/t9-,10+/m0/s1. The Morgan fingerprint density at radius 2 is 2.06 bits per heavy atom. The second kappa shape index (κ2) is 4.67. The zero-order chi connectivity index (χ0) is 12.4. The van der Waals surface area contributed by atoms with E-state index in [9.17, 15) is 13.6 Å². The molecule has 0 aliphatic carbocycles. The number of ether oxygens (including phenoxy) is 1. The molecule has 0 bridgehead atoms. The molecule has 1 aromatic rings. The lowest BCUT2D eigenvalue weighted by Crippen LogP contribution is -2.29. The highest BCUT2D eigenvalue weighted by Crippen LogP contribution is 2.30. The van der Waals surface area contributed by atoms with Crippen molar-refractivity contribution in [2.45, 2.75) is 12.0 Å². The largest absolute Gasteiger partial charge is 0.465 e. The number of hydrogen-bond acceptors (Lipinski definition) is 2. The summed E-state index contributed by atoms with van der Waals surface area (Å²) in [6, 6.07) is 3.16. The maximum Gasteiger partial charge on any atom is 0.404 e. The molecule has 0 unspecified atom stereocenters. The van der Waals surface area contributed by atoms with Crippen LogP contribution in [-0.2, 0) is 4.74 Å². The minimum atomic E-state index is -1.17. The smallest absolute Gasteiger partial charge is 0.404 e. The van der Waals surface area contributed by atoms with Gasteiger partial charge < -0.3 is 15.2 Å². The van der Waals surface area contributed by atoms with Gasteiger partial charge in [-0.1, -0.05) is 0 Å². The SMILES string of the molecule is O=C(O)NC[C@@H](c1cc(F)cc(F)c1)[C@H]1CO1. The van der Waals surface area contributed by atoms with Crippen LogP contribution in [0, 0.1) is 11.6 Å². The van der Waals surface area contributed by atoms with E-state index in [-0.39, 0.29) is 18.6 Å². The fourth-order valence-corrected chi connectivity index (χ4v) is 1.74. The van der Waals surface area contributed by atoms with Crippen LogP contribution in [0.3, 0.4) is 0 Å². The van der Waals surface area contributed by atoms with Crippen molar-refractivity contribution in [1.82, 2.24) is 5.32 Å². The zero-order valence-corrected chi connectivity index (χ0v) is 8.82. The van der Waals surface area contributed by atoms with Gasteiger partial charge in [0.2, 0.25) is 0 Å².